The zero-order valence-corrected chi connectivity index (χ0v) is 10.9. The summed E-state index contributed by atoms with van der Waals surface area (Å²) in [7, 11) is 1.37. The first kappa shape index (κ1) is 15.4. The Labute approximate surface area is 102 Å². The average Bonchev–Trinajstić information content (AvgIpc) is 2.27. The van der Waals surface area contributed by atoms with Crippen LogP contribution in [0.15, 0.2) is 23.3 Å². The maximum atomic E-state index is 11.1. The molecule has 0 N–H and O–H groups in total. The lowest BCUT2D eigenvalue weighted by Gasteiger charge is -2.01. The van der Waals surface area contributed by atoms with Crippen LogP contribution in [0.3, 0.4) is 0 Å². The van der Waals surface area contributed by atoms with Crippen molar-refractivity contribution in [3.8, 4) is 0 Å². The van der Waals surface area contributed by atoms with Gasteiger partial charge in [-0.2, -0.15) is 0 Å². The van der Waals surface area contributed by atoms with Crippen molar-refractivity contribution < 1.29 is 19.1 Å². The maximum absolute atomic E-state index is 11.1. The van der Waals surface area contributed by atoms with Crippen molar-refractivity contribution in [2.45, 2.75) is 33.6 Å². The van der Waals surface area contributed by atoms with E-state index in [1.807, 2.05) is 19.1 Å². The zero-order chi connectivity index (χ0) is 13.3. The van der Waals surface area contributed by atoms with E-state index in [0.29, 0.717) is 12.2 Å². The smallest absolute Gasteiger partial charge is 0.333 e. The molecule has 0 aromatic heterocycles. The van der Waals surface area contributed by atoms with Crippen molar-refractivity contribution in [1.29, 1.82) is 0 Å². The molecule has 0 aliphatic carbocycles. The minimum atomic E-state index is -0.299. The Morgan fingerprint density at radius 2 is 1.76 bits per heavy atom. The van der Waals surface area contributed by atoms with Gasteiger partial charge in [0.15, 0.2) is 0 Å². The van der Waals surface area contributed by atoms with Crippen LogP contribution >= 0.6 is 0 Å². The van der Waals surface area contributed by atoms with Gasteiger partial charge in [0.05, 0.1) is 7.11 Å². The third-order valence-electron chi connectivity index (χ3n) is 2.21. The normalized spacial score (nSPS) is 12.2. The van der Waals surface area contributed by atoms with Gasteiger partial charge in [-0.1, -0.05) is 11.6 Å². The summed E-state index contributed by atoms with van der Waals surface area (Å²) in [6.07, 6.45) is 5.30. The van der Waals surface area contributed by atoms with Crippen LogP contribution in [0.5, 0.6) is 0 Å². The van der Waals surface area contributed by atoms with Crippen LogP contribution in [-0.2, 0) is 19.1 Å². The largest absolute Gasteiger partial charge is 0.466 e. The minimum Gasteiger partial charge on any atom is -0.466 e. The standard InChI is InChI=1S/C13H20O4/c1-10(8-9-17-12(3)14)6-5-7-11(2)13(15)16-4/h7-8H,5-6,9H2,1-4H3/b10-8+,11-7+. The first-order valence-corrected chi connectivity index (χ1v) is 5.51. The fourth-order valence-corrected chi connectivity index (χ4v) is 1.16. The van der Waals surface area contributed by atoms with Gasteiger partial charge in [0.1, 0.15) is 6.61 Å². The summed E-state index contributed by atoms with van der Waals surface area (Å²) in [4.78, 5) is 21.6. The van der Waals surface area contributed by atoms with Gasteiger partial charge in [-0.3, -0.25) is 4.79 Å². The van der Waals surface area contributed by atoms with Crippen molar-refractivity contribution in [2.75, 3.05) is 13.7 Å². The fourth-order valence-electron chi connectivity index (χ4n) is 1.16. The second kappa shape index (κ2) is 8.56. The molecule has 0 aliphatic heterocycles. The maximum Gasteiger partial charge on any atom is 0.333 e. The van der Waals surface area contributed by atoms with E-state index in [2.05, 4.69) is 4.74 Å². The lowest BCUT2D eigenvalue weighted by atomic mass is 10.1. The van der Waals surface area contributed by atoms with Crippen LogP contribution < -0.4 is 0 Å². The summed E-state index contributed by atoms with van der Waals surface area (Å²) >= 11 is 0. The Kier molecular flexibility index (Phi) is 7.76. The highest BCUT2D eigenvalue weighted by Crippen LogP contribution is 2.07. The highest BCUT2D eigenvalue weighted by atomic mass is 16.5. The van der Waals surface area contributed by atoms with E-state index in [0.717, 1.165) is 18.4 Å². The molecule has 4 heteroatoms. The molecular formula is C13H20O4. The van der Waals surface area contributed by atoms with Crippen LogP contribution in [0.2, 0.25) is 0 Å². The first-order valence-electron chi connectivity index (χ1n) is 5.51. The molecule has 0 aromatic rings. The number of hydrogen-bond donors (Lipinski definition) is 0. The van der Waals surface area contributed by atoms with Crippen LogP contribution in [0, 0.1) is 0 Å². The van der Waals surface area contributed by atoms with E-state index in [9.17, 15) is 9.59 Å². The van der Waals surface area contributed by atoms with E-state index in [1.54, 1.807) is 6.92 Å². The van der Waals surface area contributed by atoms with Crippen LogP contribution in [0.25, 0.3) is 0 Å². The predicted molar refractivity (Wildman–Crippen MR) is 65.4 cm³/mol. The molecular weight excluding hydrogens is 220 g/mol. The number of hydrogen-bond acceptors (Lipinski definition) is 4. The van der Waals surface area contributed by atoms with Crippen LogP contribution in [0.4, 0.5) is 0 Å². The van der Waals surface area contributed by atoms with E-state index in [4.69, 9.17) is 4.74 Å². The molecule has 0 amide bonds. The van der Waals surface area contributed by atoms with Gasteiger partial charge in [0.2, 0.25) is 0 Å². The second-order valence-corrected chi connectivity index (χ2v) is 3.77. The van der Waals surface area contributed by atoms with Crippen LogP contribution in [-0.4, -0.2) is 25.7 Å². The van der Waals surface area contributed by atoms with Gasteiger partial charge >= 0.3 is 11.9 Å². The number of carbonyl (C=O) groups excluding carboxylic acids is 2. The molecule has 0 spiro atoms. The topological polar surface area (TPSA) is 52.6 Å². The quantitative estimate of drug-likeness (QED) is 0.406. The van der Waals surface area contributed by atoms with E-state index in [-0.39, 0.29) is 11.9 Å². The van der Waals surface area contributed by atoms with Crippen LogP contribution in [0.1, 0.15) is 33.6 Å². The monoisotopic (exact) mass is 240 g/mol. The number of esters is 2. The van der Waals surface area contributed by atoms with Crippen molar-refractivity contribution in [3.63, 3.8) is 0 Å². The molecule has 0 atom stereocenters. The molecule has 0 heterocycles. The molecule has 0 saturated heterocycles. The van der Waals surface area contributed by atoms with Gasteiger partial charge in [-0.25, -0.2) is 4.79 Å². The SMILES string of the molecule is COC(=O)/C(C)=C/CC/C(C)=C/COC(C)=O. The Hall–Kier alpha value is -1.58. The van der Waals surface area contributed by atoms with Crippen molar-refractivity contribution in [2.24, 2.45) is 0 Å². The number of rotatable bonds is 6. The molecule has 0 unspecified atom stereocenters. The summed E-state index contributed by atoms with van der Waals surface area (Å²) in [5.74, 6) is -0.581. The molecule has 17 heavy (non-hydrogen) atoms. The number of ether oxygens (including phenoxy) is 2. The predicted octanol–water partition coefficient (Wildman–Crippen LogP) is 2.40. The lowest BCUT2D eigenvalue weighted by molar-refractivity contribution is -0.139. The lowest BCUT2D eigenvalue weighted by Crippen LogP contribution is -2.01. The summed E-state index contributed by atoms with van der Waals surface area (Å²) in [6, 6.07) is 0. The highest BCUT2D eigenvalue weighted by molar-refractivity contribution is 5.87. The third kappa shape index (κ3) is 8.25. The van der Waals surface area contributed by atoms with Gasteiger partial charge < -0.3 is 9.47 Å². The number of carbonyl (C=O) groups is 2. The first-order chi connectivity index (χ1) is 7.97. The Morgan fingerprint density at radius 1 is 1.12 bits per heavy atom. The minimum absolute atomic E-state index is 0.282. The summed E-state index contributed by atoms with van der Waals surface area (Å²) < 4.78 is 9.37. The average molecular weight is 240 g/mol. The van der Waals surface area contributed by atoms with E-state index in [1.165, 1.54) is 14.0 Å². The molecule has 96 valence electrons. The molecule has 0 aromatic carbocycles. The summed E-state index contributed by atoms with van der Waals surface area (Å²) in [5.41, 5.74) is 1.74. The number of methoxy groups -OCH3 is 1. The highest BCUT2D eigenvalue weighted by Gasteiger charge is 2.01. The van der Waals surface area contributed by atoms with Gasteiger partial charge in [-0.15, -0.1) is 0 Å². The van der Waals surface area contributed by atoms with Gasteiger partial charge in [0, 0.05) is 12.5 Å². The molecule has 0 rings (SSSR count). The molecule has 0 fully saturated rings. The molecule has 0 aliphatic rings. The molecule has 0 saturated carbocycles. The van der Waals surface area contributed by atoms with E-state index >= 15 is 0 Å². The Bertz CT molecular complexity index is 326. The Balaban J connectivity index is 3.95. The second-order valence-electron chi connectivity index (χ2n) is 3.77. The van der Waals surface area contributed by atoms with Crippen molar-refractivity contribution >= 4 is 11.9 Å². The molecule has 0 bridgehead atoms. The van der Waals surface area contributed by atoms with E-state index < -0.39 is 0 Å². The molecule has 4 nitrogen and oxygen atoms in total. The molecule has 0 radical (unpaired) electrons. The van der Waals surface area contributed by atoms with Gasteiger partial charge in [-0.05, 0) is 32.8 Å². The third-order valence-corrected chi connectivity index (χ3v) is 2.21. The summed E-state index contributed by atoms with van der Waals surface area (Å²) in [5, 5.41) is 0. The summed E-state index contributed by atoms with van der Waals surface area (Å²) in [6.45, 7) is 5.38. The van der Waals surface area contributed by atoms with Crippen molar-refractivity contribution in [3.05, 3.63) is 23.3 Å². The zero-order valence-electron chi connectivity index (χ0n) is 10.9. The Morgan fingerprint density at radius 3 is 2.29 bits per heavy atom. The fraction of sp³-hybridized carbons (Fsp3) is 0.538. The van der Waals surface area contributed by atoms with Gasteiger partial charge in [0.25, 0.3) is 0 Å². The van der Waals surface area contributed by atoms with Crippen molar-refractivity contribution in [1.82, 2.24) is 0 Å². The number of allylic oxidation sites excluding steroid dienone is 2.